The van der Waals surface area contributed by atoms with E-state index in [0.29, 0.717) is 6.04 Å². The monoisotopic (exact) mass is 284 g/mol. The van der Waals surface area contributed by atoms with Crippen molar-refractivity contribution < 1.29 is 0 Å². The number of nitrogens with zero attached hydrogens (tertiary/aromatic N) is 2. The Morgan fingerprint density at radius 2 is 2.37 bits per heavy atom. The molecule has 0 aromatic heterocycles. The Balaban J connectivity index is 2.16. The van der Waals surface area contributed by atoms with Crippen LogP contribution in [0.1, 0.15) is 19.8 Å². The fraction of sp³-hybridized carbons (Fsp3) is 0.786. The zero-order valence-electron chi connectivity index (χ0n) is 12.3. The Morgan fingerprint density at radius 1 is 1.53 bits per heavy atom. The van der Waals surface area contributed by atoms with Gasteiger partial charge >= 0.3 is 0 Å². The molecule has 1 saturated heterocycles. The number of thioether (sulfide) groups is 1. The van der Waals surface area contributed by atoms with E-state index in [0.717, 1.165) is 37.1 Å². The van der Waals surface area contributed by atoms with E-state index in [9.17, 15) is 0 Å². The lowest BCUT2D eigenvalue weighted by Crippen LogP contribution is -2.45. The van der Waals surface area contributed by atoms with Gasteiger partial charge in [0.2, 0.25) is 0 Å². The summed E-state index contributed by atoms with van der Waals surface area (Å²) in [6.45, 7) is 10.3. The minimum absolute atomic E-state index is 0.665. The van der Waals surface area contributed by atoms with Crippen molar-refractivity contribution in [3.63, 3.8) is 0 Å². The first kappa shape index (κ1) is 16.4. The molecular weight excluding hydrogens is 256 g/mol. The minimum Gasteiger partial charge on any atom is -0.356 e. The zero-order valence-corrected chi connectivity index (χ0v) is 13.1. The summed E-state index contributed by atoms with van der Waals surface area (Å²) < 4.78 is 0. The van der Waals surface area contributed by atoms with Gasteiger partial charge in [-0.3, -0.25) is 9.89 Å². The van der Waals surface area contributed by atoms with Gasteiger partial charge in [-0.2, -0.15) is 11.8 Å². The molecule has 1 unspecified atom stereocenters. The standard InChI is InChI=1S/C14H28N4S/c1-4-10-19-11-8-16-14(15-3)17-12-13-7-6-9-18(13)5-2/h4,13H,1,5-12H2,2-3H3,(H2,15,16,17). The Labute approximate surface area is 122 Å². The van der Waals surface area contributed by atoms with Crippen LogP contribution >= 0.6 is 11.8 Å². The minimum atomic E-state index is 0.665. The topological polar surface area (TPSA) is 39.7 Å². The van der Waals surface area contributed by atoms with Gasteiger partial charge in [-0.25, -0.2) is 0 Å². The summed E-state index contributed by atoms with van der Waals surface area (Å²) in [5, 5.41) is 6.78. The van der Waals surface area contributed by atoms with E-state index < -0.39 is 0 Å². The van der Waals surface area contributed by atoms with E-state index in [1.807, 2.05) is 24.9 Å². The molecule has 4 nitrogen and oxygen atoms in total. The van der Waals surface area contributed by atoms with E-state index in [-0.39, 0.29) is 0 Å². The maximum absolute atomic E-state index is 4.26. The van der Waals surface area contributed by atoms with Crippen LogP contribution in [0.25, 0.3) is 0 Å². The third kappa shape index (κ3) is 6.34. The maximum Gasteiger partial charge on any atom is 0.191 e. The summed E-state index contributed by atoms with van der Waals surface area (Å²) in [7, 11) is 1.83. The molecule has 0 bridgehead atoms. The number of likely N-dealkylation sites (N-methyl/N-ethyl adjacent to an activating group) is 1. The van der Waals surface area contributed by atoms with E-state index in [2.05, 4.69) is 34.0 Å². The lowest BCUT2D eigenvalue weighted by molar-refractivity contribution is 0.267. The van der Waals surface area contributed by atoms with Crippen molar-refractivity contribution in [1.82, 2.24) is 15.5 Å². The molecular formula is C14H28N4S. The zero-order chi connectivity index (χ0) is 13.9. The second-order valence-electron chi connectivity index (χ2n) is 4.67. The summed E-state index contributed by atoms with van der Waals surface area (Å²) in [6, 6.07) is 0.665. The van der Waals surface area contributed by atoms with E-state index in [1.165, 1.54) is 19.4 Å². The van der Waals surface area contributed by atoms with E-state index >= 15 is 0 Å². The summed E-state index contributed by atoms with van der Waals surface area (Å²) in [6.07, 6.45) is 4.56. The van der Waals surface area contributed by atoms with Crippen molar-refractivity contribution in [2.45, 2.75) is 25.8 Å². The molecule has 1 rings (SSSR count). The highest BCUT2D eigenvalue weighted by atomic mass is 32.2. The molecule has 0 aliphatic carbocycles. The molecule has 2 N–H and O–H groups in total. The van der Waals surface area contributed by atoms with Crippen LogP contribution in [0, 0.1) is 0 Å². The molecule has 1 atom stereocenters. The first-order valence-corrected chi connectivity index (χ1v) is 8.34. The number of hydrogen-bond acceptors (Lipinski definition) is 3. The molecule has 1 aliphatic heterocycles. The van der Waals surface area contributed by atoms with Gasteiger partial charge < -0.3 is 10.6 Å². The maximum atomic E-state index is 4.26. The lowest BCUT2D eigenvalue weighted by atomic mass is 10.2. The number of aliphatic imine (C=N–C) groups is 1. The molecule has 0 aromatic carbocycles. The molecule has 0 saturated carbocycles. The van der Waals surface area contributed by atoms with Crippen LogP contribution in [0.5, 0.6) is 0 Å². The number of rotatable bonds is 8. The number of nitrogens with one attached hydrogen (secondary N) is 2. The third-order valence-electron chi connectivity index (χ3n) is 3.41. The second kappa shape index (κ2) is 10.1. The van der Waals surface area contributed by atoms with Crippen LogP contribution in [0.4, 0.5) is 0 Å². The van der Waals surface area contributed by atoms with Crippen LogP contribution in [0.3, 0.4) is 0 Å². The third-order valence-corrected chi connectivity index (χ3v) is 4.37. The van der Waals surface area contributed by atoms with Gasteiger partial charge in [0.05, 0.1) is 0 Å². The molecule has 110 valence electrons. The highest BCUT2D eigenvalue weighted by Crippen LogP contribution is 2.15. The SMILES string of the molecule is C=CCSCCNC(=NC)NCC1CCCN1CC. The normalized spacial score (nSPS) is 20.5. The van der Waals surface area contributed by atoms with Gasteiger partial charge in [0, 0.05) is 37.7 Å². The predicted octanol–water partition coefficient (Wildman–Crippen LogP) is 1.55. The summed E-state index contributed by atoms with van der Waals surface area (Å²) in [5.41, 5.74) is 0. The van der Waals surface area contributed by atoms with Crippen molar-refractivity contribution in [2.24, 2.45) is 4.99 Å². The van der Waals surface area contributed by atoms with Gasteiger partial charge in [0.15, 0.2) is 5.96 Å². The van der Waals surface area contributed by atoms with Gasteiger partial charge in [-0.05, 0) is 25.9 Å². The first-order chi connectivity index (χ1) is 9.31. The Morgan fingerprint density at radius 3 is 3.05 bits per heavy atom. The van der Waals surface area contributed by atoms with E-state index in [1.54, 1.807) is 0 Å². The van der Waals surface area contributed by atoms with Crippen LogP contribution < -0.4 is 10.6 Å². The largest absolute Gasteiger partial charge is 0.356 e. The van der Waals surface area contributed by atoms with Gasteiger partial charge in [0.1, 0.15) is 0 Å². The Bertz CT molecular complexity index is 281. The van der Waals surface area contributed by atoms with Crippen LogP contribution in [-0.4, -0.2) is 61.6 Å². The molecule has 19 heavy (non-hydrogen) atoms. The highest BCUT2D eigenvalue weighted by molar-refractivity contribution is 7.99. The quantitative estimate of drug-likeness (QED) is 0.307. The Kier molecular flexibility index (Phi) is 8.75. The average molecular weight is 284 g/mol. The van der Waals surface area contributed by atoms with Gasteiger partial charge in [0.25, 0.3) is 0 Å². The smallest absolute Gasteiger partial charge is 0.191 e. The van der Waals surface area contributed by atoms with Crippen LogP contribution in [0.2, 0.25) is 0 Å². The second-order valence-corrected chi connectivity index (χ2v) is 5.82. The molecule has 0 spiro atoms. The number of hydrogen-bond donors (Lipinski definition) is 2. The molecule has 0 amide bonds. The Hall–Kier alpha value is -0.680. The number of guanidine groups is 1. The molecule has 1 fully saturated rings. The van der Waals surface area contributed by atoms with Crippen LogP contribution in [-0.2, 0) is 0 Å². The summed E-state index contributed by atoms with van der Waals surface area (Å²) in [5.74, 6) is 3.01. The first-order valence-electron chi connectivity index (χ1n) is 7.19. The van der Waals surface area contributed by atoms with E-state index in [4.69, 9.17) is 0 Å². The fourth-order valence-electron chi connectivity index (χ4n) is 2.39. The average Bonchev–Trinajstić information content (AvgIpc) is 2.89. The number of likely N-dealkylation sites (tertiary alicyclic amines) is 1. The molecule has 0 radical (unpaired) electrons. The summed E-state index contributed by atoms with van der Waals surface area (Å²) in [4.78, 5) is 6.81. The van der Waals surface area contributed by atoms with Gasteiger partial charge in [-0.1, -0.05) is 13.0 Å². The molecule has 1 aliphatic rings. The highest BCUT2D eigenvalue weighted by Gasteiger charge is 2.22. The lowest BCUT2D eigenvalue weighted by Gasteiger charge is -2.23. The fourth-order valence-corrected chi connectivity index (χ4v) is 2.97. The molecule has 5 heteroatoms. The molecule has 0 aromatic rings. The molecule has 1 heterocycles. The van der Waals surface area contributed by atoms with Crippen molar-refractivity contribution in [1.29, 1.82) is 0 Å². The van der Waals surface area contributed by atoms with Crippen molar-refractivity contribution >= 4 is 17.7 Å². The summed E-state index contributed by atoms with van der Waals surface area (Å²) >= 11 is 1.88. The van der Waals surface area contributed by atoms with Crippen molar-refractivity contribution in [3.05, 3.63) is 12.7 Å². The van der Waals surface area contributed by atoms with Crippen LogP contribution in [0.15, 0.2) is 17.6 Å². The van der Waals surface area contributed by atoms with Crippen molar-refractivity contribution in [3.8, 4) is 0 Å². The van der Waals surface area contributed by atoms with Gasteiger partial charge in [-0.15, -0.1) is 6.58 Å². The van der Waals surface area contributed by atoms with Crippen molar-refractivity contribution in [2.75, 3.05) is 44.7 Å². The predicted molar refractivity (Wildman–Crippen MR) is 87.2 cm³/mol.